The lowest BCUT2D eigenvalue weighted by atomic mass is 10.0. The standard InChI is InChI=1S/C20H26FN3O/c1-2-19(15-25)24-11-9-23(10-12-24)14-18-4-3-17(13-20(18)21)16-5-7-22-8-6-16/h3-8,13,19,25H,2,9-12,14-15H2,1H3. The van der Waals surface area contributed by atoms with Crippen molar-refractivity contribution in [1.29, 1.82) is 0 Å². The molecule has 1 saturated heterocycles. The summed E-state index contributed by atoms with van der Waals surface area (Å²) >= 11 is 0. The van der Waals surface area contributed by atoms with Crippen LogP contribution in [-0.4, -0.2) is 58.7 Å². The number of pyridine rings is 1. The third-order valence-corrected chi connectivity index (χ3v) is 5.07. The van der Waals surface area contributed by atoms with Crippen LogP contribution in [0.25, 0.3) is 11.1 Å². The number of nitrogens with zero attached hydrogens (tertiary/aromatic N) is 3. The van der Waals surface area contributed by atoms with Gasteiger partial charge in [-0.3, -0.25) is 14.8 Å². The SMILES string of the molecule is CCC(CO)N1CCN(Cc2ccc(-c3ccncc3)cc2F)CC1. The first kappa shape index (κ1) is 18.0. The van der Waals surface area contributed by atoms with E-state index in [1.165, 1.54) is 0 Å². The van der Waals surface area contributed by atoms with Gasteiger partial charge in [-0.25, -0.2) is 4.39 Å². The summed E-state index contributed by atoms with van der Waals surface area (Å²) in [7, 11) is 0. The Labute approximate surface area is 148 Å². The molecule has 4 nitrogen and oxygen atoms in total. The van der Waals surface area contributed by atoms with E-state index in [1.54, 1.807) is 18.5 Å². The fourth-order valence-corrected chi connectivity index (χ4v) is 3.43. The molecular formula is C20H26FN3O. The number of benzene rings is 1. The Morgan fingerprint density at radius 2 is 1.80 bits per heavy atom. The van der Waals surface area contributed by atoms with Crippen LogP contribution in [0, 0.1) is 5.82 Å². The summed E-state index contributed by atoms with van der Waals surface area (Å²) in [5.74, 6) is -0.154. The first-order chi connectivity index (χ1) is 12.2. The predicted molar refractivity (Wildman–Crippen MR) is 97.6 cm³/mol. The van der Waals surface area contributed by atoms with Crippen molar-refractivity contribution in [3.63, 3.8) is 0 Å². The molecule has 0 aliphatic carbocycles. The van der Waals surface area contributed by atoms with E-state index in [2.05, 4.69) is 21.7 Å². The number of hydrogen-bond donors (Lipinski definition) is 1. The smallest absolute Gasteiger partial charge is 0.128 e. The molecule has 1 unspecified atom stereocenters. The molecule has 0 bridgehead atoms. The average Bonchev–Trinajstić information content (AvgIpc) is 2.66. The zero-order chi connectivity index (χ0) is 17.6. The van der Waals surface area contributed by atoms with Gasteiger partial charge in [0.15, 0.2) is 0 Å². The number of hydrogen-bond acceptors (Lipinski definition) is 4. The lowest BCUT2D eigenvalue weighted by Crippen LogP contribution is -2.50. The van der Waals surface area contributed by atoms with Crippen molar-refractivity contribution in [2.75, 3.05) is 32.8 Å². The minimum atomic E-state index is -0.154. The number of rotatable bonds is 6. The van der Waals surface area contributed by atoms with Gasteiger partial charge < -0.3 is 5.11 Å². The zero-order valence-electron chi connectivity index (χ0n) is 14.7. The van der Waals surface area contributed by atoms with Crippen molar-refractivity contribution in [3.05, 3.63) is 54.1 Å². The third-order valence-electron chi connectivity index (χ3n) is 5.07. The maximum Gasteiger partial charge on any atom is 0.128 e. The summed E-state index contributed by atoms with van der Waals surface area (Å²) in [6.07, 6.45) is 4.40. The Hall–Kier alpha value is -1.82. The monoisotopic (exact) mass is 343 g/mol. The molecule has 1 aliphatic rings. The van der Waals surface area contributed by atoms with Gasteiger partial charge in [0.05, 0.1) is 6.61 Å². The van der Waals surface area contributed by atoms with Gasteiger partial charge in [0, 0.05) is 56.7 Å². The van der Waals surface area contributed by atoms with Crippen LogP contribution in [0.4, 0.5) is 4.39 Å². The number of aliphatic hydroxyl groups is 1. The molecular weight excluding hydrogens is 317 g/mol. The second-order valence-electron chi connectivity index (χ2n) is 6.60. The summed E-state index contributed by atoms with van der Waals surface area (Å²) in [5.41, 5.74) is 2.59. The van der Waals surface area contributed by atoms with Crippen molar-refractivity contribution in [2.45, 2.75) is 25.9 Å². The molecule has 0 amide bonds. The van der Waals surface area contributed by atoms with Crippen LogP contribution in [0.15, 0.2) is 42.7 Å². The number of piperazine rings is 1. The minimum absolute atomic E-state index is 0.154. The van der Waals surface area contributed by atoms with Crippen LogP contribution in [0.2, 0.25) is 0 Å². The molecule has 1 atom stereocenters. The summed E-state index contributed by atoms with van der Waals surface area (Å²) < 4.78 is 14.5. The van der Waals surface area contributed by atoms with Gasteiger partial charge in [-0.1, -0.05) is 19.1 Å². The molecule has 1 aromatic carbocycles. The lowest BCUT2D eigenvalue weighted by Gasteiger charge is -2.38. The number of aliphatic hydroxyl groups excluding tert-OH is 1. The van der Waals surface area contributed by atoms with Crippen molar-refractivity contribution in [2.24, 2.45) is 0 Å². The Morgan fingerprint density at radius 3 is 2.40 bits per heavy atom. The highest BCUT2D eigenvalue weighted by Gasteiger charge is 2.22. The van der Waals surface area contributed by atoms with Crippen LogP contribution >= 0.6 is 0 Å². The van der Waals surface area contributed by atoms with E-state index in [0.29, 0.717) is 6.54 Å². The second-order valence-corrected chi connectivity index (χ2v) is 6.60. The molecule has 25 heavy (non-hydrogen) atoms. The minimum Gasteiger partial charge on any atom is -0.395 e. The number of halogens is 1. The van der Waals surface area contributed by atoms with E-state index >= 15 is 0 Å². The Balaban J connectivity index is 1.61. The van der Waals surface area contributed by atoms with Crippen LogP contribution in [-0.2, 0) is 6.54 Å². The summed E-state index contributed by atoms with van der Waals surface area (Å²) in [5, 5.41) is 9.43. The van der Waals surface area contributed by atoms with Crippen molar-refractivity contribution in [3.8, 4) is 11.1 Å². The zero-order valence-corrected chi connectivity index (χ0v) is 14.7. The fourth-order valence-electron chi connectivity index (χ4n) is 3.43. The van der Waals surface area contributed by atoms with Crippen LogP contribution < -0.4 is 0 Å². The summed E-state index contributed by atoms with van der Waals surface area (Å²) in [4.78, 5) is 8.61. The molecule has 1 aliphatic heterocycles. The van der Waals surface area contributed by atoms with E-state index < -0.39 is 0 Å². The Bertz CT molecular complexity index is 668. The maximum atomic E-state index is 14.5. The van der Waals surface area contributed by atoms with E-state index in [-0.39, 0.29) is 18.5 Å². The van der Waals surface area contributed by atoms with E-state index in [1.807, 2.05) is 24.3 Å². The van der Waals surface area contributed by atoms with Gasteiger partial charge in [-0.15, -0.1) is 0 Å². The Kier molecular flexibility index (Phi) is 6.13. The first-order valence-electron chi connectivity index (χ1n) is 8.97. The summed E-state index contributed by atoms with van der Waals surface area (Å²) in [6.45, 7) is 6.61. The van der Waals surface area contributed by atoms with Gasteiger partial charge in [-0.2, -0.15) is 0 Å². The van der Waals surface area contributed by atoms with Gasteiger partial charge >= 0.3 is 0 Å². The number of aromatic nitrogens is 1. The molecule has 1 N–H and O–H groups in total. The van der Waals surface area contributed by atoms with Crippen molar-refractivity contribution >= 4 is 0 Å². The van der Waals surface area contributed by atoms with Crippen molar-refractivity contribution in [1.82, 2.24) is 14.8 Å². The topological polar surface area (TPSA) is 39.6 Å². The van der Waals surface area contributed by atoms with Gasteiger partial charge in [0.1, 0.15) is 5.82 Å². The van der Waals surface area contributed by atoms with E-state index in [9.17, 15) is 9.50 Å². The van der Waals surface area contributed by atoms with E-state index in [0.717, 1.165) is 49.3 Å². The molecule has 3 rings (SSSR count). The third kappa shape index (κ3) is 4.42. The van der Waals surface area contributed by atoms with E-state index in [4.69, 9.17) is 0 Å². The van der Waals surface area contributed by atoms with Gasteiger partial charge in [-0.05, 0) is 35.7 Å². The van der Waals surface area contributed by atoms with Gasteiger partial charge in [0.25, 0.3) is 0 Å². The highest BCUT2D eigenvalue weighted by molar-refractivity contribution is 5.63. The van der Waals surface area contributed by atoms with Crippen molar-refractivity contribution < 1.29 is 9.50 Å². The Morgan fingerprint density at radius 1 is 1.08 bits per heavy atom. The normalized spacial score (nSPS) is 17.6. The molecule has 2 aromatic rings. The van der Waals surface area contributed by atoms with Crippen LogP contribution in [0.5, 0.6) is 0 Å². The molecule has 134 valence electrons. The largest absolute Gasteiger partial charge is 0.395 e. The first-order valence-corrected chi connectivity index (χ1v) is 8.97. The molecule has 0 radical (unpaired) electrons. The quantitative estimate of drug-likeness (QED) is 0.875. The molecule has 1 aromatic heterocycles. The molecule has 0 saturated carbocycles. The molecule has 0 spiro atoms. The highest BCUT2D eigenvalue weighted by Crippen LogP contribution is 2.22. The van der Waals surface area contributed by atoms with Crippen LogP contribution in [0.3, 0.4) is 0 Å². The fraction of sp³-hybridized carbons (Fsp3) is 0.450. The average molecular weight is 343 g/mol. The predicted octanol–water partition coefficient (Wildman–Crippen LogP) is 2.78. The lowest BCUT2D eigenvalue weighted by molar-refractivity contribution is 0.0604. The molecule has 5 heteroatoms. The van der Waals surface area contributed by atoms with Crippen LogP contribution in [0.1, 0.15) is 18.9 Å². The molecule has 1 fully saturated rings. The maximum absolute atomic E-state index is 14.5. The van der Waals surface area contributed by atoms with Gasteiger partial charge in [0.2, 0.25) is 0 Å². The second kappa shape index (κ2) is 8.52. The highest BCUT2D eigenvalue weighted by atomic mass is 19.1. The summed E-state index contributed by atoms with van der Waals surface area (Å²) in [6, 6.07) is 9.50. The molecule has 2 heterocycles.